The zero-order valence-electron chi connectivity index (χ0n) is 5.97. The highest BCUT2D eigenvalue weighted by molar-refractivity contribution is 9.08. The molecule has 2 nitrogen and oxygen atoms in total. The van der Waals surface area contributed by atoms with Crippen molar-refractivity contribution in [3.63, 3.8) is 0 Å². The molecule has 0 aliphatic heterocycles. The molecule has 1 rings (SSSR count). The maximum atomic E-state index is 13.1. The molecule has 1 aromatic heterocycles. The van der Waals surface area contributed by atoms with E-state index < -0.39 is 5.82 Å². The van der Waals surface area contributed by atoms with Gasteiger partial charge in [-0.25, -0.2) is 4.39 Å². The largest absolute Gasteiger partial charge is 0.494 e. The Balaban J connectivity index is 3.10. The second-order valence-corrected chi connectivity index (χ2v) is 2.47. The number of nitrogens with zero attached hydrogens (tertiary/aromatic N) is 1. The van der Waals surface area contributed by atoms with Crippen LogP contribution in [-0.4, -0.2) is 12.1 Å². The number of ether oxygens (including phenoxy) is 1. The first-order valence-electron chi connectivity index (χ1n) is 3.03. The Bertz CT molecular complexity index is 232. The summed E-state index contributed by atoms with van der Waals surface area (Å²) in [6.45, 7) is 0. The molecule has 1 heterocycles. The van der Waals surface area contributed by atoms with Gasteiger partial charge in [-0.05, 0) is 0 Å². The van der Waals surface area contributed by atoms with Crippen molar-refractivity contribution in [1.29, 1.82) is 0 Å². The van der Waals surface area contributed by atoms with Crippen molar-refractivity contribution < 1.29 is 9.13 Å². The summed E-state index contributed by atoms with van der Waals surface area (Å²) < 4.78 is 17.8. The van der Waals surface area contributed by atoms with Crippen LogP contribution in [0.3, 0.4) is 0 Å². The molecule has 0 spiro atoms. The van der Waals surface area contributed by atoms with Crippen LogP contribution in [-0.2, 0) is 5.33 Å². The van der Waals surface area contributed by atoms with Crippen LogP contribution in [0.4, 0.5) is 4.39 Å². The van der Waals surface area contributed by atoms with Gasteiger partial charge in [-0.3, -0.25) is 4.98 Å². The second-order valence-electron chi connectivity index (χ2n) is 1.91. The van der Waals surface area contributed by atoms with Crippen LogP contribution >= 0.6 is 15.9 Å². The molecule has 0 aromatic carbocycles. The standard InChI is InChI=1S/C7H7BrFNO/c1-11-6-2-3-10-5(4-8)7(6)9/h2-3H,4H2,1H3. The summed E-state index contributed by atoms with van der Waals surface area (Å²) in [6, 6.07) is 1.49. The maximum absolute atomic E-state index is 13.1. The fraction of sp³-hybridized carbons (Fsp3) is 0.286. The highest BCUT2D eigenvalue weighted by atomic mass is 79.9. The van der Waals surface area contributed by atoms with Crippen LogP contribution in [0.25, 0.3) is 0 Å². The third kappa shape index (κ3) is 1.68. The van der Waals surface area contributed by atoms with E-state index in [9.17, 15) is 4.39 Å². The molecule has 0 aliphatic rings. The van der Waals surface area contributed by atoms with Gasteiger partial charge in [0, 0.05) is 17.6 Å². The van der Waals surface area contributed by atoms with Crippen molar-refractivity contribution in [2.75, 3.05) is 7.11 Å². The van der Waals surface area contributed by atoms with Crippen molar-refractivity contribution in [2.45, 2.75) is 5.33 Å². The number of hydrogen-bond acceptors (Lipinski definition) is 2. The molecule has 11 heavy (non-hydrogen) atoms. The van der Waals surface area contributed by atoms with Gasteiger partial charge < -0.3 is 4.74 Å². The summed E-state index contributed by atoms with van der Waals surface area (Å²) in [7, 11) is 1.43. The van der Waals surface area contributed by atoms with E-state index in [2.05, 4.69) is 20.9 Å². The van der Waals surface area contributed by atoms with Crippen LogP contribution in [0, 0.1) is 5.82 Å². The number of methoxy groups -OCH3 is 1. The molecule has 0 radical (unpaired) electrons. The van der Waals surface area contributed by atoms with Gasteiger partial charge in [0.1, 0.15) is 0 Å². The smallest absolute Gasteiger partial charge is 0.187 e. The number of aromatic nitrogens is 1. The third-order valence-electron chi connectivity index (χ3n) is 1.27. The topological polar surface area (TPSA) is 22.1 Å². The molecule has 60 valence electrons. The van der Waals surface area contributed by atoms with E-state index in [1.165, 1.54) is 19.4 Å². The first-order valence-corrected chi connectivity index (χ1v) is 4.15. The molecule has 0 aliphatic carbocycles. The van der Waals surface area contributed by atoms with E-state index in [1.807, 2.05) is 0 Å². The van der Waals surface area contributed by atoms with E-state index in [1.54, 1.807) is 0 Å². The lowest BCUT2D eigenvalue weighted by Gasteiger charge is -2.02. The Morgan fingerprint density at radius 3 is 3.00 bits per heavy atom. The molecule has 0 atom stereocenters. The minimum Gasteiger partial charge on any atom is -0.494 e. The predicted octanol–water partition coefficient (Wildman–Crippen LogP) is 2.12. The monoisotopic (exact) mass is 219 g/mol. The third-order valence-corrected chi connectivity index (χ3v) is 1.80. The Morgan fingerprint density at radius 2 is 2.45 bits per heavy atom. The van der Waals surface area contributed by atoms with Gasteiger partial charge in [0.25, 0.3) is 0 Å². The summed E-state index contributed by atoms with van der Waals surface area (Å²) in [5.41, 5.74) is 0.365. The lowest BCUT2D eigenvalue weighted by Crippen LogP contribution is -1.95. The van der Waals surface area contributed by atoms with Crippen molar-refractivity contribution in [3.05, 3.63) is 23.8 Å². The van der Waals surface area contributed by atoms with Gasteiger partial charge >= 0.3 is 0 Å². The first kappa shape index (κ1) is 8.46. The van der Waals surface area contributed by atoms with Gasteiger partial charge in [-0.2, -0.15) is 0 Å². The molecule has 0 fully saturated rings. The fourth-order valence-electron chi connectivity index (χ4n) is 0.718. The Kier molecular flexibility index (Phi) is 2.82. The van der Waals surface area contributed by atoms with Crippen molar-refractivity contribution >= 4 is 15.9 Å². The maximum Gasteiger partial charge on any atom is 0.187 e. The zero-order chi connectivity index (χ0) is 8.27. The number of hydrogen-bond donors (Lipinski definition) is 0. The zero-order valence-corrected chi connectivity index (χ0v) is 7.56. The Morgan fingerprint density at radius 1 is 1.73 bits per heavy atom. The highest BCUT2D eigenvalue weighted by Crippen LogP contribution is 2.18. The number of pyridine rings is 1. The summed E-state index contributed by atoms with van der Waals surface area (Å²) in [5, 5.41) is 0.399. The van der Waals surface area contributed by atoms with Crippen molar-refractivity contribution in [3.8, 4) is 5.75 Å². The summed E-state index contributed by atoms with van der Waals surface area (Å²) in [6.07, 6.45) is 1.51. The minimum absolute atomic E-state index is 0.231. The normalized spacial score (nSPS) is 9.73. The fourth-order valence-corrected chi connectivity index (χ4v) is 1.11. The molecule has 0 bridgehead atoms. The number of halogens is 2. The van der Waals surface area contributed by atoms with E-state index in [0.717, 1.165) is 0 Å². The highest BCUT2D eigenvalue weighted by Gasteiger charge is 2.07. The summed E-state index contributed by atoms with van der Waals surface area (Å²) >= 11 is 3.11. The van der Waals surface area contributed by atoms with Gasteiger partial charge in [-0.1, -0.05) is 15.9 Å². The molecule has 1 aromatic rings. The first-order chi connectivity index (χ1) is 5.29. The van der Waals surface area contributed by atoms with Crippen LogP contribution < -0.4 is 4.74 Å². The molecule has 4 heteroatoms. The average molecular weight is 220 g/mol. The van der Waals surface area contributed by atoms with Gasteiger partial charge in [-0.15, -0.1) is 0 Å². The number of rotatable bonds is 2. The lowest BCUT2D eigenvalue weighted by atomic mass is 10.3. The van der Waals surface area contributed by atoms with E-state index in [-0.39, 0.29) is 5.75 Å². The molecule has 0 unspecified atom stereocenters. The van der Waals surface area contributed by atoms with Gasteiger partial charge in [0.15, 0.2) is 11.6 Å². The minimum atomic E-state index is -0.396. The van der Waals surface area contributed by atoms with Crippen LogP contribution in [0.1, 0.15) is 5.69 Å². The van der Waals surface area contributed by atoms with Crippen molar-refractivity contribution in [1.82, 2.24) is 4.98 Å². The summed E-state index contributed by atoms with van der Waals surface area (Å²) in [4.78, 5) is 3.80. The Labute approximate surface area is 72.5 Å². The lowest BCUT2D eigenvalue weighted by molar-refractivity contribution is 0.383. The summed E-state index contributed by atoms with van der Waals surface area (Å²) in [5.74, 6) is -0.165. The Hall–Kier alpha value is -0.640. The second kappa shape index (κ2) is 3.67. The predicted molar refractivity (Wildman–Crippen MR) is 43.4 cm³/mol. The van der Waals surface area contributed by atoms with Gasteiger partial charge in [0.05, 0.1) is 12.8 Å². The number of alkyl halides is 1. The SMILES string of the molecule is COc1ccnc(CBr)c1F. The quantitative estimate of drug-likeness (QED) is 0.712. The van der Waals surface area contributed by atoms with Crippen LogP contribution in [0.2, 0.25) is 0 Å². The van der Waals surface area contributed by atoms with E-state index >= 15 is 0 Å². The van der Waals surface area contributed by atoms with E-state index in [0.29, 0.717) is 11.0 Å². The van der Waals surface area contributed by atoms with Crippen LogP contribution in [0.5, 0.6) is 5.75 Å². The molecular formula is C7H7BrFNO. The molecular weight excluding hydrogens is 213 g/mol. The molecule has 0 saturated carbocycles. The van der Waals surface area contributed by atoms with Crippen molar-refractivity contribution in [2.24, 2.45) is 0 Å². The molecule has 0 N–H and O–H groups in total. The molecule has 0 amide bonds. The average Bonchev–Trinajstić information content (AvgIpc) is 2.05. The van der Waals surface area contributed by atoms with E-state index in [4.69, 9.17) is 4.74 Å². The molecule has 0 saturated heterocycles. The van der Waals surface area contributed by atoms with Gasteiger partial charge in [0.2, 0.25) is 0 Å². The van der Waals surface area contributed by atoms with Crippen LogP contribution in [0.15, 0.2) is 12.3 Å².